The number of nitrogens with two attached hydrogens (primary N) is 1. The molecule has 5 heteroatoms. The van der Waals surface area contributed by atoms with E-state index in [9.17, 15) is 0 Å². The summed E-state index contributed by atoms with van der Waals surface area (Å²) >= 11 is 0. The predicted octanol–water partition coefficient (Wildman–Crippen LogP) is 2.40. The van der Waals surface area contributed by atoms with Crippen molar-refractivity contribution in [2.75, 3.05) is 7.11 Å². The number of benzene rings is 1. The number of nitrogens with zero attached hydrogens (tertiary/aromatic N) is 3. The summed E-state index contributed by atoms with van der Waals surface area (Å²) < 4.78 is 7.14. The molecule has 2 N–H and O–H groups in total. The van der Waals surface area contributed by atoms with E-state index >= 15 is 0 Å². The third kappa shape index (κ3) is 2.25. The zero-order valence-electron chi connectivity index (χ0n) is 12.4. The second kappa shape index (κ2) is 5.18. The number of hydrogen-bond acceptors (Lipinski definition) is 4. The first-order valence-corrected chi connectivity index (χ1v) is 6.79. The van der Waals surface area contributed by atoms with Crippen LogP contribution in [-0.4, -0.2) is 21.7 Å². The maximum Gasteiger partial charge on any atom is 0.122 e. The van der Waals surface area contributed by atoms with Crippen LogP contribution in [0.5, 0.6) is 5.75 Å². The number of rotatable bonds is 3. The minimum atomic E-state index is -0.240. The summed E-state index contributed by atoms with van der Waals surface area (Å²) in [5.41, 5.74) is 11.6. The highest BCUT2D eigenvalue weighted by molar-refractivity contribution is 5.57. The van der Waals surface area contributed by atoms with Crippen molar-refractivity contribution in [3.05, 3.63) is 59.2 Å². The molecule has 3 rings (SSSR count). The van der Waals surface area contributed by atoms with Crippen LogP contribution in [0, 0.1) is 13.8 Å². The summed E-state index contributed by atoms with van der Waals surface area (Å²) in [5, 5.41) is 4.32. The Bertz CT molecular complexity index is 794. The minimum absolute atomic E-state index is 0.240. The van der Waals surface area contributed by atoms with Gasteiger partial charge in [-0.1, -0.05) is 6.07 Å². The summed E-state index contributed by atoms with van der Waals surface area (Å²) in [6, 6.07) is 3.86. The minimum Gasteiger partial charge on any atom is -0.496 e. The number of aromatic nitrogens is 3. The number of methoxy groups -OCH3 is 1. The first kappa shape index (κ1) is 13.6. The molecule has 1 unspecified atom stereocenters. The average molecular weight is 282 g/mol. The zero-order valence-corrected chi connectivity index (χ0v) is 12.4. The van der Waals surface area contributed by atoms with Crippen molar-refractivity contribution in [2.24, 2.45) is 5.73 Å². The molecule has 0 saturated carbocycles. The van der Waals surface area contributed by atoms with Crippen LogP contribution in [0.25, 0.3) is 5.52 Å². The van der Waals surface area contributed by atoms with Gasteiger partial charge in [0, 0.05) is 18.0 Å². The van der Waals surface area contributed by atoms with Gasteiger partial charge in [0.25, 0.3) is 0 Å². The molecule has 0 radical (unpaired) electrons. The highest BCUT2D eigenvalue weighted by Crippen LogP contribution is 2.30. The van der Waals surface area contributed by atoms with Crippen molar-refractivity contribution in [3.8, 4) is 5.75 Å². The second-order valence-corrected chi connectivity index (χ2v) is 5.16. The summed E-state index contributed by atoms with van der Waals surface area (Å²) in [6.45, 7) is 4.06. The van der Waals surface area contributed by atoms with E-state index in [4.69, 9.17) is 10.5 Å². The van der Waals surface area contributed by atoms with E-state index in [-0.39, 0.29) is 6.04 Å². The van der Waals surface area contributed by atoms with Crippen LogP contribution >= 0.6 is 0 Å². The fourth-order valence-electron chi connectivity index (χ4n) is 2.63. The Morgan fingerprint density at radius 1 is 1.14 bits per heavy atom. The van der Waals surface area contributed by atoms with E-state index in [1.165, 1.54) is 0 Å². The Labute approximate surface area is 123 Å². The molecule has 2 aromatic heterocycles. The van der Waals surface area contributed by atoms with Gasteiger partial charge in [0.2, 0.25) is 0 Å². The van der Waals surface area contributed by atoms with E-state index in [1.807, 2.05) is 26.1 Å². The first-order valence-electron chi connectivity index (χ1n) is 6.79. The molecule has 108 valence electrons. The summed E-state index contributed by atoms with van der Waals surface area (Å²) in [5.74, 6) is 0.880. The van der Waals surface area contributed by atoms with Crippen LogP contribution in [0.1, 0.15) is 28.3 Å². The molecule has 1 aromatic carbocycles. The van der Waals surface area contributed by atoms with Crippen LogP contribution in [0.2, 0.25) is 0 Å². The van der Waals surface area contributed by atoms with Crippen LogP contribution in [0.3, 0.4) is 0 Å². The molecule has 3 aromatic rings. The number of aryl methyl sites for hydroxylation is 2. The van der Waals surface area contributed by atoms with E-state index in [2.05, 4.69) is 16.1 Å². The maximum absolute atomic E-state index is 6.47. The molecular formula is C16H18N4O. The molecule has 0 saturated heterocycles. The molecule has 21 heavy (non-hydrogen) atoms. The average Bonchev–Trinajstić information content (AvgIpc) is 2.92. The Kier molecular flexibility index (Phi) is 3.35. The maximum atomic E-state index is 6.47. The van der Waals surface area contributed by atoms with Crippen molar-refractivity contribution in [1.82, 2.24) is 14.6 Å². The van der Waals surface area contributed by atoms with Crippen LogP contribution in [0.15, 0.2) is 36.9 Å². The molecule has 0 aliphatic heterocycles. The molecule has 0 aliphatic carbocycles. The number of ether oxygens (including phenoxy) is 1. The van der Waals surface area contributed by atoms with Gasteiger partial charge < -0.3 is 10.5 Å². The van der Waals surface area contributed by atoms with Crippen molar-refractivity contribution < 1.29 is 4.74 Å². The van der Waals surface area contributed by atoms with Gasteiger partial charge in [0.1, 0.15) is 5.75 Å². The third-order valence-corrected chi connectivity index (χ3v) is 3.81. The van der Waals surface area contributed by atoms with Gasteiger partial charge in [-0.2, -0.15) is 5.10 Å². The molecule has 2 heterocycles. The lowest BCUT2D eigenvalue weighted by molar-refractivity contribution is 0.411. The van der Waals surface area contributed by atoms with Gasteiger partial charge in [0.05, 0.1) is 31.1 Å². The summed E-state index contributed by atoms with van der Waals surface area (Å²) in [4.78, 5) is 4.15. The van der Waals surface area contributed by atoms with Gasteiger partial charge in [0.15, 0.2) is 0 Å². The SMILES string of the molecule is COc1cc(C)c(C(N)c2cnn3ccncc23)cc1C. The molecular weight excluding hydrogens is 264 g/mol. The van der Waals surface area contributed by atoms with Gasteiger partial charge in [-0.25, -0.2) is 4.52 Å². The Hall–Kier alpha value is -2.40. The van der Waals surface area contributed by atoms with Gasteiger partial charge in [-0.15, -0.1) is 0 Å². The smallest absolute Gasteiger partial charge is 0.122 e. The molecule has 0 bridgehead atoms. The second-order valence-electron chi connectivity index (χ2n) is 5.16. The fraction of sp³-hybridized carbons (Fsp3) is 0.250. The lowest BCUT2D eigenvalue weighted by Crippen LogP contribution is -2.13. The zero-order chi connectivity index (χ0) is 15.0. The van der Waals surface area contributed by atoms with Gasteiger partial charge >= 0.3 is 0 Å². The molecule has 5 nitrogen and oxygen atoms in total. The van der Waals surface area contributed by atoms with Crippen molar-refractivity contribution >= 4 is 5.52 Å². The molecule has 0 fully saturated rings. The summed E-state index contributed by atoms with van der Waals surface area (Å²) in [6.07, 6.45) is 7.12. The largest absolute Gasteiger partial charge is 0.496 e. The standard InChI is InChI=1S/C16H18N4O/c1-10-7-15(21-3)11(2)6-12(10)16(17)13-8-19-20-5-4-18-9-14(13)20/h4-9,16H,17H2,1-3H3. The molecule has 0 amide bonds. The van der Waals surface area contributed by atoms with Crippen LogP contribution in [0.4, 0.5) is 0 Å². The first-order chi connectivity index (χ1) is 10.1. The van der Waals surface area contributed by atoms with E-state index in [1.54, 1.807) is 30.2 Å². The van der Waals surface area contributed by atoms with E-state index < -0.39 is 0 Å². The van der Waals surface area contributed by atoms with Gasteiger partial charge in [-0.3, -0.25) is 4.98 Å². The highest BCUT2D eigenvalue weighted by atomic mass is 16.5. The fourth-order valence-corrected chi connectivity index (χ4v) is 2.63. The van der Waals surface area contributed by atoms with Crippen LogP contribution in [-0.2, 0) is 0 Å². The Morgan fingerprint density at radius 3 is 2.71 bits per heavy atom. The monoisotopic (exact) mass is 282 g/mol. The van der Waals surface area contributed by atoms with E-state index in [0.29, 0.717) is 0 Å². The number of fused-ring (bicyclic) bond motifs is 1. The van der Waals surface area contributed by atoms with E-state index in [0.717, 1.165) is 33.5 Å². The Morgan fingerprint density at radius 2 is 1.95 bits per heavy atom. The van der Waals surface area contributed by atoms with Crippen molar-refractivity contribution in [1.29, 1.82) is 0 Å². The molecule has 1 atom stereocenters. The topological polar surface area (TPSA) is 65.4 Å². The lowest BCUT2D eigenvalue weighted by Gasteiger charge is -2.16. The van der Waals surface area contributed by atoms with Crippen molar-refractivity contribution in [2.45, 2.75) is 19.9 Å². The quantitative estimate of drug-likeness (QED) is 0.801. The normalized spacial score (nSPS) is 12.6. The number of hydrogen-bond donors (Lipinski definition) is 1. The Balaban J connectivity index is 2.10. The van der Waals surface area contributed by atoms with Crippen LogP contribution < -0.4 is 10.5 Å². The van der Waals surface area contributed by atoms with Crippen molar-refractivity contribution in [3.63, 3.8) is 0 Å². The summed E-state index contributed by atoms with van der Waals surface area (Å²) in [7, 11) is 1.68. The molecule has 0 spiro atoms. The third-order valence-electron chi connectivity index (χ3n) is 3.81. The predicted molar refractivity (Wildman–Crippen MR) is 81.5 cm³/mol. The highest BCUT2D eigenvalue weighted by Gasteiger charge is 2.17. The molecule has 0 aliphatic rings. The van der Waals surface area contributed by atoms with Gasteiger partial charge in [-0.05, 0) is 36.6 Å². The lowest BCUT2D eigenvalue weighted by atomic mass is 9.94.